The fraction of sp³-hybridized carbons (Fsp3) is 0.692. The highest BCUT2D eigenvalue weighted by Crippen LogP contribution is 2.34. The maximum Gasteiger partial charge on any atom is 0.126 e. The van der Waals surface area contributed by atoms with Crippen molar-refractivity contribution in [2.75, 3.05) is 6.61 Å². The molecule has 2 atom stereocenters. The molecule has 2 nitrogen and oxygen atoms in total. The quantitative estimate of drug-likeness (QED) is 0.713. The van der Waals surface area contributed by atoms with Crippen LogP contribution < -0.4 is 5.32 Å². The maximum atomic E-state index is 5.95. The summed E-state index contributed by atoms with van der Waals surface area (Å²) in [7, 11) is 0. The van der Waals surface area contributed by atoms with Gasteiger partial charge in [0.2, 0.25) is 0 Å². The summed E-state index contributed by atoms with van der Waals surface area (Å²) in [6.07, 6.45) is 8.56. The molecule has 1 fully saturated rings. The molecule has 0 bridgehead atoms. The number of hydrogen-bond donors (Lipinski definition) is 1. The highest BCUT2D eigenvalue weighted by atomic mass is 16.5. The molecular weight excluding hydrogens is 186 g/mol. The van der Waals surface area contributed by atoms with E-state index < -0.39 is 0 Å². The van der Waals surface area contributed by atoms with Crippen LogP contribution >= 0.6 is 0 Å². The Hall–Kier alpha value is -0.600. The first kappa shape index (κ1) is 10.9. The van der Waals surface area contributed by atoms with E-state index in [0.717, 1.165) is 6.61 Å². The Labute approximate surface area is 92.4 Å². The summed E-state index contributed by atoms with van der Waals surface area (Å²) >= 11 is 0. The van der Waals surface area contributed by atoms with E-state index in [1.54, 1.807) is 0 Å². The molecular formula is C13H21NO. The Morgan fingerprint density at radius 3 is 2.33 bits per heavy atom. The Bertz CT molecular complexity index is 288. The second-order valence-corrected chi connectivity index (χ2v) is 5.78. The predicted octanol–water partition coefficient (Wildman–Crippen LogP) is 2.48. The third-order valence-electron chi connectivity index (χ3n) is 3.44. The van der Waals surface area contributed by atoms with Crippen molar-refractivity contribution in [2.24, 2.45) is 11.3 Å². The van der Waals surface area contributed by atoms with Crippen molar-refractivity contribution in [1.82, 2.24) is 5.32 Å². The minimum atomic E-state index is -0.221. The molecule has 0 aromatic rings. The van der Waals surface area contributed by atoms with Gasteiger partial charge in [-0.25, -0.2) is 0 Å². The predicted molar refractivity (Wildman–Crippen MR) is 62.5 cm³/mol. The first-order chi connectivity index (χ1) is 6.92. The van der Waals surface area contributed by atoms with Crippen molar-refractivity contribution in [3.63, 3.8) is 0 Å². The van der Waals surface area contributed by atoms with E-state index in [-0.39, 0.29) is 11.1 Å². The third-order valence-corrected chi connectivity index (χ3v) is 3.44. The normalized spacial score (nSPS) is 36.7. The zero-order valence-electron chi connectivity index (χ0n) is 10.1. The number of ether oxygens (including phenoxy) is 1. The topological polar surface area (TPSA) is 21.3 Å². The van der Waals surface area contributed by atoms with Crippen molar-refractivity contribution in [2.45, 2.75) is 39.5 Å². The van der Waals surface area contributed by atoms with Gasteiger partial charge in [-0.2, -0.15) is 0 Å². The second-order valence-electron chi connectivity index (χ2n) is 5.78. The number of hydrogen-bond acceptors (Lipinski definition) is 2. The first-order valence-electron chi connectivity index (χ1n) is 5.68. The van der Waals surface area contributed by atoms with Crippen molar-refractivity contribution in [1.29, 1.82) is 0 Å². The van der Waals surface area contributed by atoms with Gasteiger partial charge in [0.05, 0.1) is 6.61 Å². The molecule has 15 heavy (non-hydrogen) atoms. The summed E-state index contributed by atoms with van der Waals surface area (Å²) in [6, 6.07) is 0.435. The van der Waals surface area contributed by atoms with Crippen LogP contribution in [0.4, 0.5) is 0 Å². The minimum absolute atomic E-state index is 0.221. The lowest BCUT2D eigenvalue weighted by molar-refractivity contribution is -0.0138. The molecule has 0 amide bonds. The van der Waals surface area contributed by atoms with Gasteiger partial charge >= 0.3 is 0 Å². The fourth-order valence-electron chi connectivity index (χ4n) is 2.14. The average molecular weight is 207 g/mol. The summed E-state index contributed by atoms with van der Waals surface area (Å²) in [5, 5.41) is 3.62. The van der Waals surface area contributed by atoms with Crippen molar-refractivity contribution >= 4 is 0 Å². The van der Waals surface area contributed by atoms with Gasteiger partial charge < -0.3 is 4.74 Å². The van der Waals surface area contributed by atoms with E-state index in [4.69, 9.17) is 4.74 Å². The fourth-order valence-corrected chi connectivity index (χ4v) is 2.14. The van der Waals surface area contributed by atoms with Crippen molar-refractivity contribution < 1.29 is 4.74 Å². The molecule has 1 heterocycles. The van der Waals surface area contributed by atoms with E-state index in [1.165, 1.54) is 0 Å². The smallest absolute Gasteiger partial charge is 0.126 e. The standard InChI is InChI=1S/C13H21NO/c1-12(2,3)11-9-15-13(4,14-11)10-7-5-6-8-10/h5-8,10-11,14H,9H2,1-4H3/t11-,13?/m1/s1. The molecule has 1 saturated heterocycles. The summed E-state index contributed by atoms with van der Waals surface area (Å²) in [5.74, 6) is 0.366. The van der Waals surface area contributed by atoms with Gasteiger partial charge in [0, 0.05) is 12.0 Å². The highest BCUT2D eigenvalue weighted by molar-refractivity contribution is 5.22. The maximum absolute atomic E-state index is 5.95. The Kier molecular flexibility index (Phi) is 2.52. The molecule has 0 aromatic heterocycles. The van der Waals surface area contributed by atoms with Gasteiger partial charge in [0.15, 0.2) is 0 Å². The molecule has 2 rings (SSSR count). The van der Waals surface area contributed by atoms with Crippen molar-refractivity contribution in [3.05, 3.63) is 24.3 Å². The third kappa shape index (κ3) is 2.01. The zero-order chi connectivity index (χ0) is 11.1. The van der Waals surface area contributed by atoms with Gasteiger partial charge in [-0.1, -0.05) is 45.1 Å². The van der Waals surface area contributed by atoms with Crippen molar-refractivity contribution in [3.8, 4) is 0 Å². The minimum Gasteiger partial charge on any atom is -0.358 e. The van der Waals surface area contributed by atoms with Gasteiger partial charge in [-0.3, -0.25) is 5.32 Å². The number of nitrogens with one attached hydrogen (secondary N) is 1. The lowest BCUT2D eigenvalue weighted by Gasteiger charge is -2.32. The average Bonchev–Trinajstić information content (AvgIpc) is 2.69. The SMILES string of the molecule is CC1(C2C=CC=C2)N[C@@H](C(C)(C)C)CO1. The molecule has 1 aliphatic heterocycles. The zero-order valence-corrected chi connectivity index (χ0v) is 10.1. The van der Waals surface area contributed by atoms with E-state index >= 15 is 0 Å². The van der Waals surface area contributed by atoms with Crippen LogP contribution in [0.25, 0.3) is 0 Å². The Balaban J connectivity index is 2.08. The molecule has 0 radical (unpaired) electrons. The summed E-state index contributed by atoms with van der Waals surface area (Å²) in [4.78, 5) is 0. The summed E-state index contributed by atoms with van der Waals surface area (Å²) in [6.45, 7) is 9.70. The molecule has 1 unspecified atom stereocenters. The largest absolute Gasteiger partial charge is 0.358 e. The van der Waals surface area contributed by atoms with Crippen LogP contribution in [0.2, 0.25) is 0 Å². The lowest BCUT2D eigenvalue weighted by Crippen LogP contribution is -2.49. The summed E-state index contributed by atoms with van der Waals surface area (Å²) < 4.78 is 5.95. The van der Waals surface area contributed by atoms with E-state index in [2.05, 4.69) is 57.3 Å². The molecule has 1 N–H and O–H groups in total. The first-order valence-corrected chi connectivity index (χ1v) is 5.68. The van der Waals surface area contributed by atoms with E-state index in [9.17, 15) is 0 Å². The lowest BCUT2D eigenvalue weighted by atomic mass is 9.87. The molecule has 1 aliphatic carbocycles. The van der Waals surface area contributed by atoms with E-state index in [1.807, 2.05) is 0 Å². The Morgan fingerprint density at radius 2 is 1.87 bits per heavy atom. The molecule has 0 spiro atoms. The van der Waals surface area contributed by atoms with Gasteiger partial charge in [0.25, 0.3) is 0 Å². The van der Waals surface area contributed by atoms with Crippen LogP contribution in [0.1, 0.15) is 27.7 Å². The van der Waals surface area contributed by atoms with Crippen LogP contribution in [-0.2, 0) is 4.74 Å². The van der Waals surface area contributed by atoms with Gasteiger partial charge in [-0.15, -0.1) is 0 Å². The molecule has 0 saturated carbocycles. The molecule has 2 aliphatic rings. The molecule has 0 aromatic carbocycles. The van der Waals surface area contributed by atoms with Crippen LogP contribution in [-0.4, -0.2) is 18.4 Å². The van der Waals surface area contributed by atoms with Gasteiger partial charge in [-0.05, 0) is 12.3 Å². The second kappa shape index (κ2) is 3.46. The van der Waals surface area contributed by atoms with Gasteiger partial charge in [0.1, 0.15) is 5.72 Å². The monoisotopic (exact) mass is 207 g/mol. The van der Waals surface area contributed by atoms with Crippen LogP contribution in [0.3, 0.4) is 0 Å². The number of rotatable bonds is 1. The van der Waals surface area contributed by atoms with Crippen LogP contribution in [0.15, 0.2) is 24.3 Å². The van der Waals surface area contributed by atoms with Crippen LogP contribution in [0, 0.1) is 11.3 Å². The molecule has 84 valence electrons. The highest BCUT2D eigenvalue weighted by Gasteiger charge is 2.44. The van der Waals surface area contributed by atoms with Crippen LogP contribution in [0.5, 0.6) is 0 Å². The summed E-state index contributed by atoms with van der Waals surface area (Å²) in [5.41, 5.74) is 0.0330. The Morgan fingerprint density at radius 1 is 1.27 bits per heavy atom. The number of allylic oxidation sites excluding steroid dienone is 2. The molecule has 2 heteroatoms. The van der Waals surface area contributed by atoms with E-state index in [0.29, 0.717) is 12.0 Å².